The number of pyridine rings is 1. The Morgan fingerprint density at radius 1 is 1.36 bits per heavy atom. The van der Waals surface area contributed by atoms with Gasteiger partial charge in [0.15, 0.2) is 0 Å². The van der Waals surface area contributed by atoms with E-state index in [2.05, 4.69) is 9.97 Å². The molecule has 4 rings (SSSR count). The number of aryl methyl sites for hydroxylation is 1. The zero-order valence-electron chi connectivity index (χ0n) is 13.6. The van der Waals surface area contributed by atoms with Crippen molar-refractivity contribution in [1.82, 2.24) is 19.4 Å². The molecule has 1 fully saturated rings. The Morgan fingerprint density at radius 2 is 2.20 bits per heavy atom. The summed E-state index contributed by atoms with van der Waals surface area (Å²) in [5.41, 5.74) is 1.79. The van der Waals surface area contributed by atoms with Crippen LogP contribution in [-0.4, -0.2) is 38.4 Å². The number of halogens is 2. The summed E-state index contributed by atoms with van der Waals surface area (Å²) in [7, 11) is 1.95. The first-order valence-corrected chi connectivity index (χ1v) is 8.43. The second-order valence-corrected chi connectivity index (χ2v) is 6.63. The molecule has 0 aliphatic carbocycles. The van der Waals surface area contributed by atoms with Crippen LogP contribution in [0, 0.1) is 5.82 Å². The Morgan fingerprint density at radius 3 is 2.96 bits per heavy atom. The van der Waals surface area contributed by atoms with E-state index in [-0.39, 0.29) is 22.4 Å². The predicted molar refractivity (Wildman–Crippen MR) is 93.2 cm³/mol. The molecule has 7 heteroatoms. The molecular weight excluding hydrogens is 343 g/mol. The molecule has 3 heterocycles. The molecule has 5 nitrogen and oxygen atoms in total. The predicted octanol–water partition coefficient (Wildman–Crippen LogP) is 3.39. The van der Waals surface area contributed by atoms with Crippen LogP contribution in [0.25, 0.3) is 11.0 Å². The standard InChI is InChI=1S/C18H16ClFN4O/c1-23-15-9-21-7-5-14(15)22-17(23)11-6-8-24(10-11)18(25)16-12(19)3-2-4-13(16)20/h2-5,7,9,11H,6,8,10H2,1H3. The number of rotatable bonds is 2. The summed E-state index contributed by atoms with van der Waals surface area (Å²) >= 11 is 6.02. The number of imidazole rings is 1. The first-order chi connectivity index (χ1) is 12.1. The molecule has 0 saturated carbocycles. The van der Waals surface area contributed by atoms with Crippen LogP contribution in [0.2, 0.25) is 5.02 Å². The molecule has 1 aliphatic rings. The van der Waals surface area contributed by atoms with Crippen molar-refractivity contribution in [2.45, 2.75) is 12.3 Å². The van der Waals surface area contributed by atoms with Gasteiger partial charge in [-0.15, -0.1) is 0 Å². The normalized spacial score (nSPS) is 17.4. The topological polar surface area (TPSA) is 51.0 Å². The van der Waals surface area contributed by atoms with E-state index in [1.807, 2.05) is 17.7 Å². The second kappa shape index (κ2) is 6.11. The van der Waals surface area contributed by atoms with Crippen LogP contribution in [0.1, 0.15) is 28.5 Å². The lowest BCUT2D eigenvalue weighted by Gasteiger charge is -2.17. The molecule has 128 valence electrons. The molecule has 0 radical (unpaired) electrons. The number of carbonyl (C=O) groups is 1. The van der Waals surface area contributed by atoms with Gasteiger partial charge in [0.1, 0.15) is 11.6 Å². The van der Waals surface area contributed by atoms with Crippen LogP contribution in [0.5, 0.6) is 0 Å². The Balaban J connectivity index is 1.61. The van der Waals surface area contributed by atoms with Crippen LogP contribution >= 0.6 is 11.6 Å². The number of benzene rings is 1. The van der Waals surface area contributed by atoms with Gasteiger partial charge in [0.05, 0.1) is 27.8 Å². The number of hydrogen-bond donors (Lipinski definition) is 0. The zero-order valence-corrected chi connectivity index (χ0v) is 14.4. The molecule has 1 aromatic carbocycles. The van der Waals surface area contributed by atoms with Gasteiger partial charge in [-0.2, -0.15) is 0 Å². The van der Waals surface area contributed by atoms with Crippen molar-refractivity contribution in [3.05, 3.63) is 58.9 Å². The average molecular weight is 359 g/mol. The fourth-order valence-electron chi connectivity index (χ4n) is 3.43. The summed E-state index contributed by atoms with van der Waals surface area (Å²) in [6.45, 7) is 1.05. The van der Waals surface area contributed by atoms with Gasteiger partial charge in [-0.3, -0.25) is 9.78 Å². The number of carbonyl (C=O) groups excluding carboxylic acids is 1. The third kappa shape index (κ3) is 2.66. The molecule has 25 heavy (non-hydrogen) atoms. The lowest BCUT2D eigenvalue weighted by atomic mass is 10.1. The van der Waals surface area contributed by atoms with Crippen molar-refractivity contribution in [2.24, 2.45) is 7.05 Å². The minimum absolute atomic E-state index is 0.0565. The van der Waals surface area contributed by atoms with E-state index >= 15 is 0 Å². The number of nitrogens with zero attached hydrogens (tertiary/aromatic N) is 4. The number of aromatic nitrogens is 3. The van der Waals surface area contributed by atoms with E-state index < -0.39 is 5.82 Å². The third-order valence-electron chi connectivity index (χ3n) is 4.73. The number of fused-ring (bicyclic) bond motifs is 1. The molecule has 0 bridgehead atoms. The van der Waals surface area contributed by atoms with Gasteiger partial charge in [-0.25, -0.2) is 9.37 Å². The molecule has 0 spiro atoms. The molecule has 2 aromatic heterocycles. The van der Waals surface area contributed by atoms with Crippen molar-refractivity contribution in [2.75, 3.05) is 13.1 Å². The lowest BCUT2D eigenvalue weighted by molar-refractivity contribution is 0.0786. The fraction of sp³-hybridized carbons (Fsp3) is 0.278. The molecule has 1 saturated heterocycles. The van der Waals surface area contributed by atoms with E-state index in [0.29, 0.717) is 13.1 Å². The number of hydrogen-bond acceptors (Lipinski definition) is 3. The Labute approximate surface area is 149 Å². The van der Waals surface area contributed by atoms with Gasteiger partial charge in [-0.1, -0.05) is 17.7 Å². The van der Waals surface area contributed by atoms with Crippen molar-refractivity contribution in [3.8, 4) is 0 Å². The summed E-state index contributed by atoms with van der Waals surface area (Å²) in [6.07, 6.45) is 4.27. The number of amides is 1. The van der Waals surface area contributed by atoms with E-state index in [1.54, 1.807) is 17.3 Å². The minimum Gasteiger partial charge on any atom is -0.338 e. The van der Waals surface area contributed by atoms with Crippen molar-refractivity contribution in [3.63, 3.8) is 0 Å². The molecule has 1 amide bonds. The van der Waals surface area contributed by atoms with Crippen molar-refractivity contribution in [1.29, 1.82) is 0 Å². The van der Waals surface area contributed by atoms with Gasteiger partial charge in [-0.05, 0) is 24.6 Å². The van der Waals surface area contributed by atoms with Gasteiger partial charge < -0.3 is 9.47 Å². The van der Waals surface area contributed by atoms with Crippen LogP contribution in [0.4, 0.5) is 4.39 Å². The van der Waals surface area contributed by atoms with E-state index in [9.17, 15) is 9.18 Å². The summed E-state index contributed by atoms with van der Waals surface area (Å²) in [5.74, 6) is 0.0608. The highest BCUT2D eigenvalue weighted by molar-refractivity contribution is 6.33. The van der Waals surface area contributed by atoms with Crippen LogP contribution in [-0.2, 0) is 7.05 Å². The van der Waals surface area contributed by atoms with Crippen molar-refractivity contribution >= 4 is 28.5 Å². The van der Waals surface area contributed by atoms with Gasteiger partial charge in [0.2, 0.25) is 0 Å². The Kier molecular flexibility index (Phi) is 3.92. The van der Waals surface area contributed by atoms with Gasteiger partial charge in [0, 0.05) is 32.3 Å². The van der Waals surface area contributed by atoms with Crippen LogP contribution in [0.3, 0.4) is 0 Å². The monoisotopic (exact) mass is 358 g/mol. The van der Waals surface area contributed by atoms with Crippen LogP contribution in [0.15, 0.2) is 36.7 Å². The first kappa shape index (κ1) is 16.0. The van der Waals surface area contributed by atoms with E-state index in [0.717, 1.165) is 23.3 Å². The highest BCUT2D eigenvalue weighted by Crippen LogP contribution is 2.31. The Hall–Kier alpha value is -2.47. The SMILES string of the molecule is Cn1c(C2CCN(C(=O)c3c(F)cccc3Cl)C2)nc2ccncc21. The quantitative estimate of drug-likeness (QED) is 0.705. The largest absolute Gasteiger partial charge is 0.338 e. The third-order valence-corrected chi connectivity index (χ3v) is 5.05. The van der Waals surface area contributed by atoms with Crippen molar-refractivity contribution < 1.29 is 9.18 Å². The maximum atomic E-state index is 14.0. The minimum atomic E-state index is -0.588. The summed E-state index contributed by atoms with van der Waals surface area (Å²) in [6, 6.07) is 6.15. The lowest BCUT2D eigenvalue weighted by Crippen LogP contribution is -2.29. The highest BCUT2D eigenvalue weighted by atomic mass is 35.5. The average Bonchev–Trinajstić information content (AvgIpc) is 3.20. The highest BCUT2D eigenvalue weighted by Gasteiger charge is 2.32. The second-order valence-electron chi connectivity index (χ2n) is 6.23. The number of likely N-dealkylation sites (tertiary alicyclic amines) is 1. The molecule has 1 atom stereocenters. The molecule has 1 unspecified atom stereocenters. The first-order valence-electron chi connectivity index (χ1n) is 8.06. The van der Waals surface area contributed by atoms with E-state index in [1.165, 1.54) is 18.2 Å². The summed E-state index contributed by atoms with van der Waals surface area (Å²) in [5, 5.41) is 0.141. The smallest absolute Gasteiger partial charge is 0.258 e. The molecule has 1 aliphatic heterocycles. The van der Waals surface area contributed by atoms with Gasteiger partial charge in [0.25, 0.3) is 5.91 Å². The van der Waals surface area contributed by atoms with Gasteiger partial charge >= 0.3 is 0 Å². The maximum Gasteiger partial charge on any atom is 0.258 e. The Bertz CT molecular complexity index is 951. The summed E-state index contributed by atoms with van der Waals surface area (Å²) in [4.78, 5) is 23.1. The maximum absolute atomic E-state index is 14.0. The molecule has 0 N–H and O–H groups in total. The molecular formula is C18H16ClFN4O. The van der Waals surface area contributed by atoms with E-state index in [4.69, 9.17) is 11.6 Å². The fourth-order valence-corrected chi connectivity index (χ4v) is 3.68. The summed E-state index contributed by atoms with van der Waals surface area (Å²) < 4.78 is 16.0. The molecule has 3 aromatic rings. The van der Waals surface area contributed by atoms with Crippen LogP contribution < -0.4 is 0 Å². The zero-order chi connectivity index (χ0) is 17.6.